The molecule has 0 radical (unpaired) electrons. The van der Waals surface area contributed by atoms with E-state index in [4.69, 9.17) is 14.2 Å². The minimum absolute atomic E-state index is 0. The summed E-state index contributed by atoms with van der Waals surface area (Å²) in [6, 6.07) is 14.2. The first-order valence-electron chi connectivity index (χ1n) is 26.8. The molecule has 7 nitrogen and oxygen atoms in total. The largest absolute Gasteiger partial charge is 1.00 e. The lowest BCUT2D eigenvalue weighted by molar-refractivity contribution is -0.950. The van der Waals surface area contributed by atoms with Gasteiger partial charge in [-0.2, -0.15) is 5.26 Å². The fourth-order valence-corrected chi connectivity index (χ4v) is 9.53. The number of carbonyl (C=O) groups is 2. The summed E-state index contributed by atoms with van der Waals surface area (Å²) in [7, 11) is 3.89. The van der Waals surface area contributed by atoms with Crippen LogP contribution in [0.1, 0.15) is 254 Å². The summed E-state index contributed by atoms with van der Waals surface area (Å²) in [6.45, 7) is 4.92. The first-order valence-corrected chi connectivity index (χ1v) is 26.8. The molecule has 1 aliphatic heterocycles. The zero-order chi connectivity index (χ0) is 46.9. The molecule has 0 amide bonds. The molecule has 0 N–H and O–H groups in total. The van der Waals surface area contributed by atoms with Crippen LogP contribution < -0.4 is 24.0 Å². The molecule has 0 fully saturated rings. The highest BCUT2D eigenvalue weighted by Gasteiger charge is 2.44. The summed E-state index contributed by atoms with van der Waals surface area (Å²) in [5, 5.41) is 9.60. The van der Waals surface area contributed by atoms with Crippen molar-refractivity contribution in [2.45, 2.75) is 251 Å². The van der Waals surface area contributed by atoms with Gasteiger partial charge in [0.05, 0.1) is 32.3 Å². The Morgan fingerprint density at radius 3 is 1.52 bits per heavy atom. The quantitative estimate of drug-likeness (QED) is 0.0217. The number of quaternary nitrogens is 1. The smallest absolute Gasteiger partial charge is 0.310 e. The Bertz CT molecular complexity index is 1610. The lowest BCUT2D eigenvalue weighted by Gasteiger charge is -2.38. The third kappa shape index (κ3) is 24.1. The van der Waals surface area contributed by atoms with Gasteiger partial charge in [-0.25, -0.2) is 4.39 Å². The standard InChI is InChI=1S/C57H92FN2O5.HI/c1-5-7-9-11-13-15-17-19-21-23-25-27-29-31-33-35-55(61)63-48-60(3,4)54(65-56(62)36-34-32-30-28-26-24-22-20-18-16-14-12-10-8-6-2)43-44-57(51-38-40-52(58)41-39-51)53-42-37-49(46-59)45-50(53)47-64-57;/h37-42,45,54H,5-36,43-44,47-48H2,1-4H3;1H/q+1;/p-1. The second-order valence-electron chi connectivity index (χ2n) is 19.9. The Morgan fingerprint density at radius 1 is 0.652 bits per heavy atom. The fraction of sp³-hybridized carbons (Fsp3) is 0.737. The normalized spacial score (nSPS) is 14.9. The molecule has 2 atom stereocenters. The van der Waals surface area contributed by atoms with Crippen LogP contribution in [-0.4, -0.2) is 43.5 Å². The summed E-state index contributed by atoms with van der Waals surface area (Å²) in [5.74, 6) is -0.809. The van der Waals surface area contributed by atoms with Gasteiger partial charge in [0.1, 0.15) is 11.4 Å². The van der Waals surface area contributed by atoms with Gasteiger partial charge in [0, 0.05) is 19.3 Å². The summed E-state index contributed by atoms with van der Waals surface area (Å²) in [5.41, 5.74) is 2.25. The number of hydrogen-bond donors (Lipinski definition) is 0. The van der Waals surface area contributed by atoms with Gasteiger partial charge in [-0.15, -0.1) is 0 Å². The number of fused-ring (bicyclic) bond motifs is 1. The van der Waals surface area contributed by atoms with Crippen molar-refractivity contribution in [3.05, 3.63) is 70.5 Å². The molecule has 0 saturated carbocycles. The molecule has 3 rings (SSSR count). The molecule has 9 heteroatoms. The Labute approximate surface area is 419 Å². The second kappa shape index (κ2) is 36.4. The number of nitrogens with zero attached hydrogens (tertiary/aromatic N) is 2. The highest BCUT2D eigenvalue weighted by Crippen LogP contribution is 2.46. The van der Waals surface area contributed by atoms with E-state index in [0.717, 1.165) is 55.2 Å². The van der Waals surface area contributed by atoms with E-state index in [1.165, 1.54) is 166 Å². The van der Waals surface area contributed by atoms with Gasteiger partial charge in [-0.05, 0) is 60.2 Å². The molecular formula is C57H92FIN2O5. The second-order valence-corrected chi connectivity index (χ2v) is 19.9. The monoisotopic (exact) mass is 1030 g/mol. The highest BCUT2D eigenvalue weighted by molar-refractivity contribution is 5.69. The van der Waals surface area contributed by atoms with E-state index in [9.17, 15) is 19.2 Å². The van der Waals surface area contributed by atoms with Gasteiger partial charge >= 0.3 is 11.9 Å². The van der Waals surface area contributed by atoms with Crippen LogP contribution in [0.3, 0.4) is 0 Å². The molecule has 2 unspecified atom stereocenters. The zero-order valence-corrected chi connectivity index (χ0v) is 44.4. The van der Waals surface area contributed by atoms with Crippen LogP contribution in [0.4, 0.5) is 4.39 Å². The van der Waals surface area contributed by atoms with Crippen LogP contribution in [0.15, 0.2) is 42.5 Å². The maximum Gasteiger partial charge on any atom is 0.310 e. The third-order valence-electron chi connectivity index (χ3n) is 13.8. The average Bonchev–Trinajstić information content (AvgIpc) is 3.68. The Morgan fingerprint density at radius 2 is 1.08 bits per heavy atom. The SMILES string of the molecule is CCCCCCCCCCCCCCCCCC(=O)OC[N+](C)(C)C(CCC1(c2ccc(F)cc2)OCc2cc(C#N)ccc21)OC(=O)CCCCCCCCCCCCCCCCC.[I-]. The number of hydrogen-bond acceptors (Lipinski definition) is 6. The summed E-state index contributed by atoms with van der Waals surface area (Å²) < 4.78 is 33.2. The molecule has 1 aliphatic rings. The number of esters is 2. The van der Waals surface area contributed by atoms with Crippen LogP contribution >= 0.6 is 0 Å². The topological polar surface area (TPSA) is 85.6 Å². The third-order valence-corrected chi connectivity index (χ3v) is 13.8. The van der Waals surface area contributed by atoms with E-state index in [-0.39, 0.29) is 52.9 Å². The molecule has 0 spiro atoms. The summed E-state index contributed by atoms with van der Waals surface area (Å²) in [4.78, 5) is 26.6. The molecular weight excluding hydrogens is 939 g/mol. The molecule has 1 heterocycles. The van der Waals surface area contributed by atoms with Gasteiger partial charge in [0.2, 0.25) is 13.0 Å². The van der Waals surface area contributed by atoms with Gasteiger partial charge in [-0.1, -0.05) is 212 Å². The van der Waals surface area contributed by atoms with Gasteiger partial charge < -0.3 is 38.2 Å². The Hall–Kier alpha value is -2.55. The minimum atomic E-state index is -0.930. The summed E-state index contributed by atoms with van der Waals surface area (Å²) >= 11 is 0. The van der Waals surface area contributed by atoms with Crippen molar-refractivity contribution >= 4 is 11.9 Å². The minimum Gasteiger partial charge on any atom is -1.00 e. The van der Waals surface area contributed by atoms with Crippen LogP contribution in [0.2, 0.25) is 0 Å². The number of nitriles is 1. The lowest BCUT2D eigenvalue weighted by atomic mass is 9.81. The number of benzene rings is 2. The maximum absolute atomic E-state index is 14.2. The van der Waals surface area contributed by atoms with Gasteiger partial charge in [-0.3, -0.25) is 14.1 Å². The number of carbonyl (C=O) groups excluding carboxylic acids is 2. The van der Waals surface area contributed by atoms with Crippen LogP contribution in [-0.2, 0) is 36.0 Å². The van der Waals surface area contributed by atoms with E-state index in [1.54, 1.807) is 18.2 Å². The molecule has 374 valence electrons. The zero-order valence-electron chi connectivity index (χ0n) is 42.3. The van der Waals surface area contributed by atoms with Gasteiger partial charge in [0.15, 0.2) is 0 Å². The first-order chi connectivity index (χ1) is 31.6. The maximum atomic E-state index is 14.2. The van der Waals surface area contributed by atoms with Crippen LogP contribution in [0.25, 0.3) is 0 Å². The molecule has 0 aromatic heterocycles. The molecule has 0 bridgehead atoms. The predicted octanol–water partition coefficient (Wildman–Crippen LogP) is 13.2. The number of halogens is 2. The Balaban J connectivity index is 0.0000150. The van der Waals surface area contributed by atoms with Crippen molar-refractivity contribution in [3.8, 4) is 6.07 Å². The number of unbranched alkanes of at least 4 members (excludes halogenated alkanes) is 28. The van der Waals surface area contributed by atoms with Crippen molar-refractivity contribution in [1.29, 1.82) is 5.26 Å². The van der Waals surface area contributed by atoms with Crippen molar-refractivity contribution in [1.82, 2.24) is 0 Å². The molecule has 2 aromatic carbocycles. The number of ether oxygens (including phenoxy) is 3. The molecule has 66 heavy (non-hydrogen) atoms. The van der Waals surface area contributed by atoms with Crippen LogP contribution in [0, 0.1) is 17.1 Å². The van der Waals surface area contributed by atoms with E-state index in [2.05, 4.69) is 19.9 Å². The first kappa shape index (κ1) is 59.6. The Kier molecular flexibility index (Phi) is 32.9. The number of rotatable bonds is 40. The summed E-state index contributed by atoms with van der Waals surface area (Å²) in [6.07, 6.45) is 38.9. The lowest BCUT2D eigenvalue weighted by Crippen LogP contribution is -3.00. The van der Waals surface area contributed by atoms with E-state index in [1.807, 2.05) is 26.2 Å². The van der Waals surface area contributed by atoms with E-state index < -0.39 is 11.8 Å². The van der Waals surface area contributed by atoms with Crippen LogP contribution in [0.5, 0.6) is 0 Å². The van der Waals surface area contributed by atoms with E-state index >= 15 is 0 Å². The van der Waals surface area contributed by atoms with Crippen molar-refractivity contribution < 1.29 is 56.6 Å². The molecule has 2 aromatic rings. The van der Waals surface area contributed by atoms with Crippen molar-refractivity contribution in [3.63, 3.8) is 0 Å². The predicted molar refractivity (Wildman–Crippen MR) is 264 cm³/mol. The molecule has 0 saturated heterocycles. The highest BCUT2D eigenvalue weighted by atomic mass is 127. The van der Waals surface area contributed by atoms with Crippen molar-refractivity contribution in [2.24, 2.45) is 0 Å². The fourth-order valence-electron chi connectivity index (χ4n) is 9.53. The van der Waals surface area contributed by atoms with Gasteiger partial charge in [0.25, 0.3) is 0 Å². The average molecular weight is 1030 g/mol. The van der Waals surface area contributed by atoms with Crippen molar-refractivity contribution in [2.75, 3.05) is 20.8 Å². The molecule has 0 aliphatic carbocycles. The van der Waals surface area contributed by atoms with E-state index in [0.29, 0.717) is 37.9 Å².